The van der Waals surface area contributed by atoms with Crippen LogP contribution in [0.25, 0.3) is 11.0 Å². The maximum Gasteiger partial charge on any atom is 0.307 e. The summed E-state index contributed by atoms with van der Waals surface area (Å²) in [5, 5.41) is 5.05. The van der Waals surface area contributed by atoms with Crippen LogP contribution >= 0.6 is 15.9 Å². The van der Waals surface area contributed by atoms with Crippen LogP contribution in [-0.2, 0) is 0 Å². The third-order valence-corrected chi connectivity index (χ3v) is 6.59. The van der Waals surface area contributed by atoms with Gasteiger partial charge in [-0.05, 0) is 86.2 Å². The van der Waals surface area contributed by atoms with Crippen LogP contribution in [0, 0.1) is 6.92 Å². The highest BCUT2D eigenvalue weighted by Crippen LogP contribution is 2.43. The quantitative estimate of drug-likeness (QED) is 0.380. The zero-order valence-electron chi connectivity index (χ0n) is 17.9. The molecule has 1 aromatic heterocycles. The number of amides is 1. The molecule has 156 valence electrons. The number of fused-ring (bicyclic) bond motifs is 2. The van der Waals surface area contributed by atoms with Crippen molar-refractivity contribution in [3.8, 4) is 0 Å². The van der Waals surface area contributed by atoms with Crippen LogP contribution in [0.4, 0.5) is 5.69 Å². The van der Waals surface area contributed by atoms with E-state index in [0.717, 1.165) is 27.4 Å². The Labute approximate surface area is 185 Å². The molecule has 0 saturated carbocycles. The van der Waals surface area contributed by atoms with Crippen molar-refractivity contribution in [2.75, 3.05) is 11.9 Å². The molecule has 1 amide bonds. The molecule has 3 aromatic rings. The van der Waals surface area contributed by atoms with Crippen molar-refractivity contribution in [2.45, 2.75) is 45.6 Å². The lowest BCUT2D eigenvalue weighted by Crippen LogP contribution is -2.45. The maximum absolute atomic E-state index is 12.4. The van der Waals surface area contributed by atoms with Crippen molar-refractivity contribution in [3.05, 3.63) is 63.3 Å². The molecule has 1 aliphatic heterocycles. The van der Waals surface area contributed by atoms with E-state index in [1.807, 2.05) is 18.2 Å². The Bertz CT molecular complexity index is 1160. The van der Waals surface area contributed by atoms with E-state index in [1.54, 1.807) is 12.3 Å². The number of rotatable bonds is 3. The molecular formula is C24H26BrN3O2. The second kappa shape index (κ2) is 7.58. The number of aryl methyl sites for hydroxylation is 1. The Morgan fingerprint density at radius 1 is 1.30 bits per heavy atom. The normalized spacial score (nSPS) is 18.1. The third-order valence-electron chi connectivity index (χ3n) is 6.09. The zero-order valence-corrected chi connectivity index (χ0v) is 19.5. The molecular weight excluding hydrogens is 442 g/mol. The van der Waals surface area contributed by atoms with Gasteiger partial charge >= 0.3 is 5.91 Å². The van der Waals surface area contributed by atoms with Crippen LogP contribution in [0.15, 0.2) is 50.4 Å². The van der Waals surface area contributed by atoms with Gasteiger partial charge < -0.3 is 9.32 Å². The Hall–Kier alpha value is -2.60. The van der Waals surface area contributed by atoms with Crippen LogP contribution in [0.3, 0.4) is 0 Å². The first kappa shape index (κ1) is 20.7. The van der Waals surface area contributed by atoms with Gasteiger partial charge in [-0.2, -0.15) is 5.10 Å². The van der Waals surface area contributed by atoms with Crippen molar-refractivity contribution >= 4 is 44.7 Å². The number of hydrogen-bond acceptors (Lipinski definition) is 4. The van der Waals surface area contributed by atoms with Gasteiger partial charge in [0.25, 0.3) is 0 Å². The molecule has 0 bridgehead atoms. The summed E-state index contributed by atoms with van der Waals surface area (Å²) in [7, 11) is 2.16. The minimum Gasteiger partial charge on any atom is -0.451 e. The SMILES string of the molecule is Cc1cc2c(cc1/C=N/NC(=O)c1cc3cc(Br)ccc3o1)[C@H](C)CC(C)(C)N2C. The van der Waals surface area contributed by atoms with Gasteiger partial charge in [-0.25, -0.2) is 5.43 Å². The summed E-state index contributed by atoms with van der Waals surface area (Å²) in [6, 6.07) is 11.7. The maximum atomic E-state index is 12.4. The number of nitrogens with one attached hydrogen (secondary N) is 1. The van der Waals surface area contributed by atoms with Crippen LogP contribution in [0.5, 0.6) is 0 Å². The van der Waals surface area contributed by atoms with E-state index in [1.165, 1.54) is 11.3 Å². The van der Waals surface area contributed by atoms with Gasteiger partial charge in [-0.3, -0.25) is 4.79 Å². The van der Waals surface area contributed by atoms with Crippen LogP contribution in [-0.4, -0.2) is 24.7 Å². The highest BCUT2D eigenvalue weighted by molar-refractivity contribution is 9.10. The molecule has 5 nitrogen and oxygen atoms in total. The summed E-state index contributed by atoms with van der Waals surface area (Å²) in [5.74, 6) is 0.326. The van der Waals surface area contributed by atoms with E-state index in [-0.39, 0.29) is 17.2 Å². The Morgan fingerprint density at radius 3 is 2.83 bits per heavy atom. The standard InChI is InChI=1S/C24H26BrN3O2/c1-14-8-20-19(15(2)12-24(3,4)28(20)5)10-17(14)13-26-27-23(29)22-11-16-9-18(25)6-7-21(16)30-22/h6-11,13,15H,12H2,1-5H3,(H,27,29)/b26-13+/t15-/m1/s1. The molecule has 1 atom stereocenters. The monoisotopic (exact) mass is 467 g/mol. The highest BCUT2D eigenvalue weighted by Gasteiger charge is 2.34. The van der Waals surface area contributed by atoms with Gasteiger partial charge in [0, 0.05) is 28.1 Å². The van der Waals surface area contributed by atoms with Crippen molar-refractivity contribution in [1.29, 1.82) is 0 Å². The number of furan rings is 1. The predicted octanol–water partition coefficient (Wildman–Crippen LogP) is 5.99. The van der Waals surface area contributed by atoms with E-state index < -0.39 is 0 Å². The molecule has 2 heterocycles. The molecule has 2 aromatic carbocycles. The van der Waals surface area contributed by atoms with Crippen molar-refractivity contribution in [1.82, 2.24) is 5.43 Å². The number of hydrogen-bond donors (Lipinski definition) is 1. The number of carbonyl (C=O) groups excluding carboxylic acids is 1. The molecule has 6 heteroatoms. The molecule has 1 N–H and O–H groups in total. The number of nitrogens with zero attached hydrogens (tertiary/aromatic N) is 2. The van der Waals surface area contributed by atoms with Gasteiger partial charge in [-0.1, -0.05) is 22.9 Å². The molecule has 0 saturated heterocycles. The van der Waals surface area contributed by atoms with E-state index in [9.17, 15) is 4.79 Å². The van der Waals surface area contributed by atoms with Gasteiger partial charge in [0.2, 0.25) is 0 Å². The van der Waals surface area contributed by atoms with Gasteiger partial charge in [-0.15, -0.1) is 0 Å². The van der Waals surface area contributed by atoms with Gasteiger partial charge in [0.1, 0.15) is 5.58 Å². The molecule has 0 fully saturated rings. The average molecular weight is 468 g/mol. The predicted molar refractivity (Wildman–Crippen MR) is 126 cm³/mol. The Morgan fingerprint density at radius 2 is 2.07 bits per heavy atom. The van der Waals surface area contributed by atoms with Crippen molar-refractivity contribution < 1.29 is 9.21 Å². The first-order valence-corrected chi connectivity index (χ1v) is 10.9. The average Bonchev–Trinajstić information content (AvgIpc) is 3.10. The largest absolute Gasteiger partial charge is 0.451 e. The second-order valence-electron chi connectivity index (χ2n) is 8.74. The Kier molecular flexibility index (Phi) is 5.22. The molecule has 30 heavy (non-hydrogen) atoms. The third kappa shape index (κ3) is 3.76. The fourth-order valence-corrected chi connectivity index (χ4v) is 4.59. The second-order valence-corrected chi connectivity index (χ2v) is 9.65. The van der Waals surface area contributed by atoms with E-state index in [4.69, 9.17) is 4.42 Å². The molecule has 0 aliphatic carbocycles. The molecule has 4 rings (SSSR count). The number of hydrazone groups is 1. The molecule has 0 unspecified atom stereocenters. The lowest BCUT2D eigenvalue weighted by atomic mass is 9.79. The summed E-state index contributed by atoms with van der Waals surface area (Å²) in [6.07, 6.45) is 2.80. The lowest BCUT2D eigenvalue weighted by Gasteiger charge is -2.45. The Balaban J connectivity index is 1.54. The van der Waals surface area contributed by atoms with Gasteiger partial charge in [0.05, 0.1) is 6.21 Å². The topological polar surface area (TPSA) is 57.8 Å². The van der Waals surface area contributed by atoms with E-state index in [0.29, 0.717) is 11.5 Å². The first-order chi connectivity index (χ1) is 14.2. The smallest absolute Gasteiger partial charge is 0.307 e. The summed E-state index contributed by atoms with van der Waals surface area (Å²) < 4.78 is 6.56. The number of anilines is 1. The van der Waals surface area contributed by atoms with E-state index >= 15 is 0 Å². The minimum absolute atomic E-state index is 0.130. The fraction of sp³-hybridized carbons (Fsp3) is 0.333. The lowest BCUT2D eigenvalue weighted by molar-refractivity contribution is 0.0929. The summed E-state index contributed by atoms with van der Waals surface area (Å²) >= 11 is 3.42. The van der Waals surface area contributed by atoms with Crippen LogP contribution in [0.1, 0.15) is 60.4 Å². The minimum atomic E-state index is -0.371. The van der Waals surface area contributed by atoms with Gasteiger partial charge in [0.15, 0.2) is 5.76 Å². The van der Waals surface area contributed by atoms with E-state index in [2.05, 4.69) is 78.2 Å². The van der Waals surface area contributed by atoms with Crippen molar-refractivity contribution in [3.63, 3.8) is 0 Å². The van der Waals surface area contributed by atoms with Crippen LogP contribution < -0.4 is 10.3 Å². The van der Waals surface area contributed by atoms with Crippen LogP contribution in [0.2, 0.25) is 0 Å². The number of benzene rings is 2. The molecule has 0 spiro atoms. The zero-order chi connectivity index (χ0) is 21.6. The first-order valence-electron chi connectivity index (χ1n) is 10.1. The molecule has 0 radical (unpaired) electrons. The number of halogens is 1. The molecule has 1 aliphatic rings. The summed E-state index contributed by atoms with van der Waals surface area (Å²) in [4.78, 5) is 14.8. The fourth-order valence-electron chi connectivity index (χ4n) is 4.22. The number of carbonyl (C=O) groups is 1. The highest BCUT2D eigenvalue weighted by atomic mass is 79.9. The van der Waals surface area contributed by atoms with Crippen molar-refractivity contribution in [2.24, 2.45) is 5.10 Å². The summed E-state index contributed by atoms with van der Waals surface area (Å²) in [5.41, 5.74) is 8.08. The summed E-state index contributed by atoms with van der Waals surface area (Å²) in [6.45, 7) is 8.90.